The Balaban J connectivity index is 2.54. The van der Waals surface area contributed by atoms with Crippen LogP contribution >= 0.6 is 0 Å². The van der Waals surface area contributed by atoms with Gasteiger partial charge in [-0.2, -0.15) is 0 Å². The molecule has 72 valence electrons. The zero-order valence-corrected chi connectivity index (χ0v) is 7.61. The lowest BCUT2D eigenvalue weighted by molar-refractivity contribution is 0.0512. The minimum Gasteiger partial charge on any atom is -0.475 e. The van der Waals surface area contributed by atoms with Crippen LogP contribution in [0.3, 0.4) is 0 Å². The summed E-state index contributed by atoms with van der Waals surface area (Å²) >= 11 is 0. The Bertz CT molecular complexity index is 288. The normalized spacial score (nSPS) is 10.7. The number of ether oxygens (including phenoxy) is 1. The average molecular weight is 184 g/mol. The first-order chi connectivity index (χ1) is 6.09. The number of hydrogen-bond donors (Lipinski definition) is 1. The van der Waals surface area contributed by atoms with Crippen molar-refractivity contribution in [1.82, 2.24) is 0 Å². The molecule has 0 aliphatic rings. The van der Waals surface area contributed by atoms with Gasteiger partial charge < -0.3 is 14.3 Å². The first-order valence-corrected chi connectivity index (χ1v) is 4.03. The first kappa shape index (κ1) is 9.80. The van der Waals surface area contributed by atoms with Crippen LogP contribution in [0.4, 0.5) is 0 Å². The summed E-state index contributed by atoms with van der Waals surface area (Å²) in [6, 6.07) is 3.02. The van der Waals surface area contributed by atoms with Crippen molar-refractivity contribution in [3.63, 3.8) is 0 Å². The summed E-state index contributed by atoms with van der Waals surface area (Å²) in [6.07, 6.45) is 0.110. The van der Waals surface area contributed by atoms with Gasteiger partial charge in [-0.15, -0.1) is 0 Å². The largest absolute Gasteiger partial charge is 0.475 e. The molecule has 1 aromatic heterocycles. The van der Waals surface area contributed by atoms with Crippen molar-refractivity contribution < 1.29 is 19.1 Å². The molecule has 0 fully saturated rings. The highest BCUT2D eigenvalue weighted by molar-refractivity contribution is 5.84. The molecule has 0 spiro atoms. The van der Waals surface area contributed by atoms with Crippen LogP contribution in [0.5, 0.6) is 0 Å². The Labute approximate surface area is 76.1 Å². The number of hydrogen-bond acceptors (Lipinski definition) is 3. The van der Waals surface area contributed by atoms with Crippen molar-refractivity contribution in [2.75, 3.05) is 0 Å². The molecular weight excluding hydrogens is 172 g/mol. The molecule has 1 N–H and O–H groups in total. The molecule has 4 heteroatoms. The van der Waals surface area contributed by atoms with Crippen molar-refractivity contribution in [2.45, 2.75) is 26.6 Å². The van der Waals surface area contributed by atoms with Gasteiger partial charge in [0.2, 0.25) is 5.76 Å². The second-order valence-electron chi connectivity index (χ2n) is 2.93. The van der Waals surface area contributed by atoms with Crippen LogP contribution in [0, 0.1) is 0 Å². The van der Waals surface area contributed by atoms with E-state index >= 15 is 0 Å². The van der Waals surface area contributed by atoms with Crippen LogP contribution in [-0.4, -0.2) is 17.2 Å². The third-order valence-electron chi connectivity index (χ3n) is 1.43. The van der Waals surface area contributed by atoms with E-state index in [1.807, 2.05) is 13.8 Å². The fourth-order valence-corrected chi connectivity index (χ4v) is 0.819. The third kappa shape index (κ3) is 2.91. The molecule has 0 aliphatic heterocycles. The van der Waals surface area contributed by atoms with Crippen molar-refractivity contribution in [3.05, 3.63) is 23.7 Å². The molecule has 0 saturated heterocycles. The summed E-state index contributed by atoms with van der Waals surface area (Å²) in [5.41, 5.74) is 0. The lowest BCUT2D eigenvalue weighted by atomic mass is 10.4. The quantitative estimate of drug-likeness (QED) is 0.776. The molecule has 0 radical (unpaired) electrons. The molecule has 13 heavy (non-hydrogen) atoms. The van der Waals surface area contributed by atoms with Crippen molar-refractivity contribution in [1.29, 1.82) is 0 Å². The summed E-state index contributed by atoms with van der Waals surface area (Å²) in [5.74, 6) is -0.579. The number of carboxylic acid groups (broad SMARTS) is 1. The zero-order valence-electron chi connectivity index (χ0n) is 7.61. The number of rotatable bonds is 4. The maximum atomic E-state index is 10.4. The minimum atomic E-state index is -1.06. The Hall–Kier alpha value is -1.29. The van der Waals surface area contributed by atoms with Gasteiger partial charge in [0.1, 0.15) is 12.4 Å². The molecule has 0 amide bonds. The van der Waals surface area contributed by atoms with Gasteiger partial charge in [-0.1, -0.05) is 0 Å². The van der Waals surface area contributed by atoms with E-state index in [0.29, 0.717) is 12.4 Å². The number of aromatic carboxylic acids is 1. The second kappa shape index (κ2) is 4.09. The van der Waals surface area contributed by atoms with Crippen molar-refractivity contribution >= 4 is 5.97 Å². The lowest BCUT2D eigenvalue weighted by Gasteiger charge is -2.03. The van der Waals surface area contributed by atoms with Gasteiger partial charge in [-0.25, -0.2) is 4.79 Å². The van der Waals surface area contributed by atoms with Gasteiger partial charge in [0.05, 0.1) is 6.10 Å². The Kier molecular flexibility index (Phi) is 3.08. The fourth-order valence-electron chi connectivity index (χ4n) is 0.819. The van der Waals surface area contributed by atoms with E-state index in [4.69, 9.17) is 14.3 Å². The highest BCUT2D eigenvalue weighted by atomic mass is 16.5. The van der Waals surface area contributed by atoms with Gasteiger partial charge in [0.15, 0.2) is 0 Å². The molecule has 0 aromatic carbocycles. The molecule has 0 aliphatic carbocycles. The summed E-state index contributed by atoms with van der Waals surface area (Å²) in [4.78, 5) is 10.4. The Morgan fingerprint density at radius 1 is 1.62 bits per heavy atom. The van der Waals surface area contributed by atoms with Crippen molar-refractivity contribution in [3.8, 4) is 0 Å². The van der Waals surface area contributed by atoms with Crippen LogP contribution in [0.1, 0.15) is 30.2 Å². The molecule has 0 atom stereocenters. The molecule has 0 saturated carbocycles. The number of carbonyl (C=O) groups is 1. The maximum Gasteiger partial charge on any atom is 0.371 e. The molecule has 1 heterocycles. The van der Waals surface area contributed by atoms with E-state index in [9.17, 15) is 4.79 Å². The highest BCUT2D eigenvalue weighted by Gasteiger charge is 2.08. The van der Waals surface area contributed by atoms with E-state index in [0.717, 1.165) is 0 Å². The smallest absolute Gasteiger partial charge is 0.371 e. The van der Waals surface area contributed by atoms with Gasteiger partial charge in [0.25, 0.3) is 0 Å². The van der Waals surface area contributed by atoms with Gasteiger partial charge >= 0.3 is 5.97 Å². The number of furan rings is 1. The molecule has 0 bridgehead atoms. The summed E-state index contributed by atoms with van der Waals surface area (Å²) < 4.78 is 10.2. The SMILES string of the molecule is CC(C)OCc1ccc(C(=O)O)o1. The molecule has 1 aromatic rings. The lowest BCUT2D eigenvalue weighted by Crippen LogP contribution is -2.01. The predicted octanol–water partition coefficient (Wildman–Crippen LogP) is 1.90. The van der Waals surface area contributed by atoms with Crippen LogP contribution in [0.25, 0.3) is 0 Å². The Morgan fingerprint density at radius 3 is 2.77 bits per heavy atom. The maximum absolute atomic E-state index is 10.4. The monoisotopic (exact) mass is 184 g/mol. The molecular formula is C9H12O4. The first-order valence-electron chi connectivity index (χ1n) is 4.03. The van der Waals surface area contributed by atoms with Crippen molar-refractivity contribution in [2.24, 2.45) is 0 Å². The minimum absolute atomic E-state index is 0.0534. The highest BCUT2D eigenvalue weighted by Crippen LogP contribution is 2.09. The van der Waals surface area contributed by atoms with E-state index in [-0.39, 0.29) is 11.9 Å². The molecule has 1 rings (SSSR count). The van der Waals surface area contributed by atoms with Gasteiger partial charge in [-0.3, -0.25) is 0 Å². The van der Waals surface area contributed by atoms with Crippen LogP contribution < -0.4 is 0 Å². The standard InChI is InChI=1S/C9H12O4/c1-6(2)12-5-7-3-4-8(13-7)9(10)11/h3-4,6H,5H2,1-2H3,(H,10,11). The summed E-state index contributed by atoms with van der Waals surface area (Å²) in [6.45, 7) is 4.12. The van der Waals surface area contributed by atoms with Crippen LogP contribution in [0.2, 0.25) is 0 Å². The van der Waals surface area contributed by atoms with Gasteiger partial charge in [-0.05, 0) is 26.0 Å². The average Bonchev–Trinajstić information content (AvgIpc) is 2.48. The topological polar surface area (TPSA) is 59.7 Å². The Morgan fingerprint density at radius 2 is 2.31 bits per heavy atom. The van der Waals surface area contributed by atoms with Crippen LogP contribution in [-0.2, 0) is 11.3 Å². The predicted molar refractivity (Wildman–Crippen MR) is 45.6 cm³/mol. The molecule has 0 unspecified atom stereocenters. The molecule has 4 nitrogen and oxygen atoms in total. The summed E-state index contributed by atoms with van der Waals surface area (Å²) in [5, 5.41) is 8.54. The van der Waals surface area contributed by atoms with Gasteiger partial charge in [0, 0.05) is 0 Å². The van der Waals surface area contributed by atoms with E-state index in [1.54, 1.807) is 6.07 Å². The van der Waals surface area contributed by atoms with E-state index in [1.165, 1.54) is 6.07 Å². The van der Waals surface area contributed by atoms with E-state index < -0.39 is 5.97 Å². The fraction of sp³-hybridized carbons (Fsp3) is 0.444. The third-order valence-corrected chi connectivity index (χ3v) is 1.43. The zero-order chi connectivity index (χ0) is 9.84. The van der Waals surface area contributed by atoms with Crippen LogP contribution in [0.15, 0.2) is 16.5 Å². The van der Waals surface area contributed by atoms with E-state index in [2.05, 4.69) is 0 Å². The second-order valence-corrected chi connectivity index (χ2v) is 2.93. The summed E-state index contributed by atoms with van der Waals surface area (Å²) in [7, 11) is 0. The number of carboxylic acids is 1.